The van der Waals surface area contributed by atoms with Crippen molar-refractivity contribution in [2.24, 2.45) is 17.8 Å². The molecule has 0 radical (unpaired) electrons. The van der Waals surface area contributed by atoms with Gasteiger partial charge in [0.2, 0.25) is 0 Å². The summed E-state index contributed by atoms with van der Waals surface area (Å²) in [6.07, 6.45) is -2.57. The molecule has 0 bridgehead atoms. The van der Waals surface area contributed by atoms with Crippen LogP contribution in [0.25, 0.3) is 65.1 Å². The van der Waals surface area contributed by atoms with Gasteiger partial charge >= 0.3 is 46.6 Å². The lowest BCUT2D eigenvalue weighted by Gasteiger charge is -2.34. The number of benzene rings is 9. The van der Waals surface area contributed by atoms with Gasteiger partial charge in [-0.15, -0.1) is 34.0 Å². The smallest absolute Gasteiger partial charge is 0.493 e. The second kappa shape index (κ2) is 33.3. The van der Waals surface area contributed by atoms with Crippen LogP contribution in [0.2, 0.25) is 0 Å². The van der Waals surface area contributed by atoms with Gasteiger partial charge in [0.05, 0.1) is 72.3 Å². The predicted molar refractivity (Wildman–Crippen MR) is 421 cm³/mol. The summed E-state index contributed by atoms with van der Waals surface area (Å²) in [5.74, 6) is 0.0116. The Morgan fingerprint density at radius 3 is 0.833 bits per heavy atom. The van der Waals surface area contributed by atoms with Crippen LogP contribution >= 0.6 is 34.0 Å². The number of rotatable bonds is 18. The van der Waals surface area contributed by atoms with Crippen LogP contribution in [0.15, 0.2) is 235 Å². The van der Waals surface area contributed by atoms with Gasteiger partial charge in [-0.05, 0) is 53.1 Å². The first-order chi connectivity index (χ1) is 54.1. The van der Waals surface area contributed by atoms with Gasteiger partial charge in [-0.25, -0.2) is 15.0 Å². The van der Waals surface area contributed by atoms with Gasteiger partial charge in [0.25, 0.3) is 0 Å². The summed E-state index contributed by atoms with van der Waals surface area (Å²) in [4.78, 5) is 14.3. The number of aliphatic hydroxyl groups excluding tert-OH is 3. The van der Waals surface area contributed by atoms with Crippen LogP contribution in [-0.4, -0.2) is 91.9 Å². The predicted octanol–water partition coefficient (Wildman–Crippen LogP) is 19.8. The number of nitrogens with one attached hydrogen (secondary N) is 3. The van der Waals surface area contributed by atoms with E-state index in [2.05, 4.69) is 0 Å². The monoisotopic (exact) mass is 1680 g/mol. The largest absolute Gasteiger partial charge is 0.516 e. The number of aliphatic hydroxyl groups is 3. The molecule has 15 rings (SSSR count). The van der Waals surface area contributed by atoms with E-state index >= 15 is 0 Å². The zero-order chi connectivity index (χ0) is 81.2. The van der Waals surface area contributed by atoms with Gasteiger partial charge in [-0.3, -0.25) is 14.2 Å². The van der Waals surface area contributed by atoms with E-state index in [0.29, 0.717) is 50.6 Å². The SMILES string of the molecule is C[C@@H](c1csc(-c2ccccc2)n1)[C@H]1COc2cc(-c3ccccc3NS(=O)(=O)C(F)(F)F)ccc2[C@@H]1O.C[C@H](c1csc(-c2ccccc2)n1)[C@@H]1COc2cc(-c3ccccc3NS(=O)(=O)C(F)(F)F)ccc2[C@H]1O.C[C@H](c1csc(-c2ccccc2)n1)[C@H]1COc2cc(-c3ccccc3NS(=O)(=O)C(F)(F)F)ccc2[C@@H]1O. The average Bonchev–Trinajstić information content (AvgIpc) is 1.29. The number of nitrogens with zero attached hydrogens (tertiary/aromatic N) is 3. The molecule has 18 nitrogen and oxygen atoms in total. The summed E-state index contributed by atoms with van der Waals surface area (Å²) < 4.78 is 209. The number of fused-ring (bicyclic) bond motifs is 3. The normalized spacial score (nSPS) is 18.3. The van der Waals surface area contributed by atoms with E-state index in [9.17, 15) is 80.1 Å². The maximum Gasteiger partial charge on any atom is 0.516 e. The van der Waals surface area contributed by atoms with Crippen molar-refractivity contribution < 1.29 is 94.3 Å². The average molecular weight is 1680 g/mol. The maximum absolute atomic E-state index is 12.9. The molecule has 3 aliphatic rings. The highest BCUT2D eigenvalue weighted by atomic mass is 32.2. The van der Waals surface area contributed by atoms with Crippen molar-refractivity contribution in [2.45, 2.75) is 73.4 Å². The van der Waals surface area contributed by atoms with Gasteiger partial charge < -0.3 is 29.5 Å². The minimum Gasteiger partial charge on any atom is -0.493 e. The number of alkyl halides is 9. The minimum atomic E-state index is -5.59. The topological polar surface area (TPSA) is 266 Å². The molecule has 9 atom stereocenters. The molecule has 594 valence electrons. The van der Waals surface area contributed by atoms with E-state index in [1.165, 1.54) is 88.6 Å². The standard InChI is InChI=1S/3C27H23F3N2O4S2/c3*1-16(23-15-37-26(31-23)17-7-3-2-4-8-17)21-14-36-24-13-18(11-12-20(24)25(21)33)19-9-5-6-10-22(19)32-38(34,35)27(28,29)30/h3*2-13,15-16,21,25,32-33H,14H2,1H3/t16-,21+,25-;2*16-,21-,25+/m010/s1. The first-order valence-electron chi connectivity index (χ1n) is 35.1. The fourth-order valence-corrected chi connectivity index (χ4v) is 17.9. The Bertz CT molecular complexity index is 5230. The Kier molecular flexibility index (Phi) is 23.9. The highest BCUT2D eigenvalue weighted by molar-refractivity contribution is 7.94. The first kappa shape index (κ1) is 81.8. The summed E-state index contributed by atoms with van der Waals surface area (Å²) in [6, 6.07) is 61.4. The Balaban J connectivity index is 0.000000149. The van der Waals surface area contributed by atoms with Gasteiger partial charge in [0, 0.05) is 102 Å². The van der Waals surface area contributed by atoms with Gasteiger partial charge in [0.1, 0.15) is 32.3 Å². The molecule has 6 N–H and O–H groups in total. The van der Waals surface area contributed by atoms with Crippen molar-refractivity contribution >= 4 is 81.1 Å². The lowest BCUT2D eigenvalue weighted by Crippen LogP contribution is -2.30. The molecule has 12 aromatic rings. The molecule has 0 aliphatic carbocycles. The molecule has 0 unspecified atom stereocenters. The molecule has 0 spiro atoms. The van der Waals surface area contributed by atoms with E-state index < -0.39 is 64.9 Å². The lowest BCUT2D eigenvalue weighted by atomic mass is 9.82. The molecule has 114 heavy (non-hydrogen) atoms. The molecule has 33 heteroatoms. The zero-order valence-corrected chi connectivity index (χ0v) is 64.9. The summed E-state index contributed by atoms with van der Waals surface area (Å²) in [5, 5.41) is 42.3. The van der Waals surface area contributed by atoms with Crippen LogP contribution < -0.4 is 28.4 Å². The fraction of sp³-hybridized carbons (Fsp3) is 0.222. The van der Waals surface area contributed by atoms with Crippen molar-refractivity contribution in [1.29, 1.82) is 0 Å². The van der Waals surface area contributed by atoms with Crippen LogP contribution in [0, 0.1) is 17.8 Å². The number of hydrogen-bond acceptors (Lipinski definition) is 18. The molecule has 3 aliphatic heterocycles. The Morgan fingerprint density at radius 2 is 0.588 bits per heavy atom. The summed E-state index contributed by atoms with van der Waals surface area (Å²) in [6.45, 7) is 6.59. The van der Waals surface area contributed by atoms with Crippen LogP contribution in [0.4, 0.5) is 56.6 Å². The second-order valence-electron chi connectivity index (χ2n) is 27.0. The zero-order valence-electron chi connectivity index (χ0n) is 60.0. The van der Waals surface area contributed by atoms with E-state index in [-0.39, 0.29) is 89.1 Å². The minimum absolute atomic E-state index is 0.107. The van der Waals surface area contributed by atoms with Gasteiger partial charge in [-0.1, -0.05) is 203 Å². The molecule has 3 aromatic heterocycles. The summed E-state index contributed by atoms with van der Waals surface area (Å²) >= 11 is 4.61. The van der Waals surface area contributed by atoms with E-state index in [4.69, 9.17) is 29.2 Å². The Morgan fingerprint density at radius 1 is 0.351 bits per heavy atom. The van der Waals surface area contributed by atoms with Gasteiger partial charge in [-0.2, -0.15) is 64.8 Å². The highest BCUT2D eigenvalue weighted by Crippen LogP contribution is 2.49. The molecule has 0 saturated heterocycles. The molecular weight excluding hydrogens is 1610 g/mol. The number of aromatic nitrogens is 3. The highest BCUT2D eigenvalue weighted by Gasteiger charge is 2.49. The lowest BCUT2D eigenvalue weighted by molar-refractivity contribution is -0.0435. The van der Waals surface area contributed by atoms with Gasteiger partial charge in [0.15, 0.2) is 0 Å². The third kappa shape index (κ3) is 17.7. The van der Waals surface area contributed by atoms with E-state index in [1.807, 2.05) is 128 Å². The number of sulfonamides is 3. The molecule has 0 fully saturated rings. The molecule has 9 aromatic carbocycles. The number of halogens is 9. The first-order valence-corrected chi connectivity index (χ1v) is 42.2. The second-order valence-corrected chi connectivity index (χ2v) is 34.6. The Hall–Kier alpha value is -10.2. The van der Waals surface area contributed by atoms with Crippen molar-refractivity contribution in [3.63, 3.8) is 0 Å². The van der Waals surface area contributed by atoms with Crippen LogP contribution in [0.3, 0.4) is 0 Å². The van der Waals surface area contributed by atoms with Crippen molar-refractivity contribution in [2.75, 3.05) is 34.0 Å². The third-order valence-corrected chi connectivity index (χ3v) is 25.8. The van der Waals surface area contributed by atoms with E-state index in [1.54, 1.807) is 87.0 Å². The van der Waals surface area contributed by atoms with Crippen LogP contribution in [0.5, 0.6) is 17.2 Å². The number of thiazole rings is 3. The fourth-order valence-electron chi connectivity index (χ4n) is 13.4. The number of ether oxygens (including phenoxy) is 3. The number of para-hydroxylation sites is 3. The van der Waals surface area contributed by atoms with Crippen LogP contribution in [0.1, 0.15) is 90.6 Å². The quantitative estimate of drug-likeness (QED) is 0.0436. The molecule has 6 heterocycles. The number of anilines is 3. The molecule has 0 saturated carbocycles. The maximum atomic E-state index is 12.9. The third-order valence-electron chi connectivity index (χ3n) is 19.8. The van der Waals surface area contributed by atoms with Crippen molar-refractivity contribution in [1.82, 2.24) is 15.0 Å². The van der Waals surface area contributed by atoms with Crippen molar-refractivity contribution in [3.8, 4) is 82.3 Å². The van der Waals surface area contributed by atoms with Crippen LogP contribution in [-0.2, 0) is 30.1 Å². The van der Waals surface area contributed by atoms with E-state index in [0.717, 1.165) is 48.8 Å². The summed E-state index contributed by atoms with van der Waals surface area (Å²) in [7, 11) is -16.8. The summed E-state index contributed by atoms with van der Waals surface area (Å²) in [5.41, 5.74) is -7.69. The number of hydrogen-bond donors (Lipinski definition) is 6. The Labute approximate surface area is 661 Å². The van der Waals surface area contributed by atoms with Crippen molar-refractivity contribution in [3.05, 3.63) is 268 Å². The molecule has 0 amide bonds. The molecular formula is C81H69F9N6O12S6.